The van der Waals surface area contributed by atoms with E-state index < -0.39 is 0 Å². The maximum absolute atomic E-state index is 12.4. The quantitative estimate of drug-likeness (QED) is 0.906. The van der Waals surface area contributed by atoms with Crippen molar-refractivity contribution >= 4 is 29.1 Å². The van der Waals surface area contributed by atoms with Gasteiger partial charge in [0.25, 0.3) is 0 Å². The molecule has 1 aliphatic heterocycles. The lowest BCUT2D eigenvalue weighted by atomic mass is 9.98. The summed E-state index contributed by atoms with van der Waals surface area (Å²) in [6, 6.07) is 6.02. The first-order valence-corrected chi connectivity index (χ1v) is 7.83. The molecule has 20 heavy (non-hydrogen) atoms. The molecule has 0 aromatic heterocycles. The van der Waals surface area contributed by atoms with Crippen LogP contribution in [0.1, 0.15) is 24.8 Å². The first kappa shape index (κ1) is 14.2. The number of carbonyl (C=O) groups is 1. The average molecular weight is 313 g/mol. The Morgan fingerprint density at radius 1 is 1.25 bits per heavy atom. The Hall–Kier alpha value is -0.770. The molecule has 2 aliphatic rings. The maximum atomic E-state index is 12.4. The fourth-order valence-electron chi connectivity index (χ4n) is 2.50. The molecule has 108 valence electrons. The standard InChI is InChI=1S/C15H18Cl2N2O/c16-13-4-1-10(5-14(13)17)9-19(12-2-3-12)15(20)6-11-7-18-8-11/h1,4-5,11-12,18H,2-3,6-9H2. The van der Waals surface area contributed by atoms with Gasteiger partial charge in [-0.1, -0.05) is 29.3 Å². The molecule has 1 aliphatic carbocycles. The first-order chi connectivity index (χ1) is 9.63. The minimum atomic E-state index is 0.269. The summed E-state index contributed by atoms with van der Waals surface area (Å²) in [6.45, 7) is 2.58. The van der Waals surface area contributed by atoms with Crippen LogP contribution in [0.15, 0.2) is 18.2 Å². The van der Waals surface area contributed by atoms with Crippen LogP contribution in [-0.4, -0.2) is 29.9 Å². The lowest BCUT2D eigenvalue weighted by Crippen LogP contribution is -2.45. The molecule has 2 fully saturated rings. The van der Waals surface area contributed by atoms with Crippen molar-refractivity contribution in [3.05, 3.63) is 33.8 Å². The summed E-state index contributed by atoms with van der Waals surface area (Å²) in [4.78, 5) is 14.4. The van der Waals surface area contributed by atoms with Crippen molar-refractivity contribution in [2.24, 2.45) is 5.92 Å². The SMILES string of the molecule is O=C(CC1CNC1)N(Cc1ccc(Cl)c(Cl)c1)C1CC1. The molecule has 1 aromatic carbocycles. The summed E-state index contributed by atoms with van der Waals surface area (Å²) in [7, 11) is 0. The Kier molecular flexibility index (Phi) is 4.20. The van der Waals surface area contributed by atoms with Crippen molar-refractivity contribution < 1.29 is 4.79 Å². The number of nitrogens with one attached hydrogen (secondary N) is 1. The highest BCUT2D eigenvalue weighted by atomic mass is 35.5. The predicted molar refractivity (Wildman–Crippen MR) is 81.0 cm³/mol. The van der Waals surface area contributed by atoms with Crippen molar-refractivity contribution in [2.75, 3.05) is 13.1 Å². The Morgan fingerprint density at radius 2 is 2.00 bits per heavy atom. The zero-order valence-electron chi connectivity index (χ0n) is 11.2. The second-order valence-corrected chi connectivity index (χ2v) is 6.54. The van der Waals surface area contributed by atoms with E-state index in [1.54, 1.807) is 6.07 Å². The van der Waals surface area contributed by atoms with Crippen molar-refractivity contribution in [1.82, 2.24) is 10.2 Å². The second-order valence-electron chi connectivity index (χ2n) is 5.73. The average Bonchev–Trinajstić information content (AvgIpc) is 3.19. The Morgan fingerprint density at radius 3 is 2.55 bits per heavy atom. The molecular formula is C15H18Cl2N2O. The topological polar surface area (TPSA) is 32.3 Å². The smallest absolute Gasteiger partial charge is 0.223 e. The third-order valence-corrected chi connectivity index (χ3v) is 4.71. The van der Waals surface area contributed by atoms with E-state index >= 15 is 0 Å². The number of carbonyl (C=O) groups excluding carboxylic acids is 1. The van der Waals surface area contributed by atoms with Crippen LogP contribution in [0.5, 0.6) is 0 Å². The fraction of sp³-hybridized carbons (Fsp3) is 0.533. The number of amides is 1. The second kappa shape index (κ2) is 5.92. The van der Waals surface area contributed by atoms with E-state index in [4.69, 9.17) is 23.2 Å². The molecule has 1 heterocycles. The third kappa shape index (κ3) is 3.27. The van der Waals surface area contributed by atoms with Crippen LogP contribution in [-0.2, 0) is 11.3 Å². The van der Waals surface area contributed by atoms with E-state index in [2.05, 4.69) is 5.32 Å². The molecule has 1 amide bonds. The fourth-order valence-corrected chi connectivity index (χ4v) is 2.82. The predicted octanol–water partition coefficient (Wildman–Crippen LogP) is 3.09. The highest BCUT2D eigenvalue weighted by molar-refractivity contribution is 6.42. The highest BCUT2D eigenvalue weighted by Crippen LogP contribution is 2.31. The molecule has 3 rings (SSSR count). The number of hydrogen-bond donors (Lipinski definition) is 1. The number of benzene rings is 1. The van der Waals surface area contributed by atoms with E-state index in [1.165, 1.54) is 0 Å². The molecule has 1 saturated carbocycles. The molecule has 0 radical (unpaired) electrons. The molecule has 1 saturated heterocycles. The summed E-state index contributed by atoms with van der Waals surface area (Å²) in [6.07, 6.45) is 2.90. The normalized spacial score (nSPS) is 18.7. The van der Waals surface area contributed by atoms with Crippen LogP contribution in [0.2, 0.25) is 10.0 Å². The molecule has 0 bridgehead atoms. The van der Waals surface area contributed by atoms with Gasteiger partial charge < -0.3 is 10.2 Å². The largest absolute Gasteiger partial charge is 0.335 e. The van der Waals surface area contributed by atoms with Crippen LogP contribution in [0, 0.1) is 5.92 Å². The Balaban J connectivity index is 1.66. The number of halogens is 2. The van der Waals surface area contributed by atoms with Gasteiger partial charge in [0.1, 0.15) is 0 Å². The van der Waals surface area contributed by atoms with Crippen molar-refractivity contribution in [3.63, 3.8) is 0 Å². The van der Waals surface area contributed by atoms with E-state index in [0.29, 0.717) is 35.0 Å². The molecule has 1 aromatic rings. The van der Waals surface area contributed by atoms with Gasteiger partial charge in [-0.25, -0.2) is 0 Å². The summed E-state index contributed by atoms with van der Waals surface area (Å²) < 4.78 is 0. The zero-order valence-corrected chi connectivity index (χ0v) is 12.8. The van der Waals surface area contributed by atoms with Crippen LogP contribution in [0.3, 0.4) is 0 Å². The van der Waals surface area contributed by atoms with Gasteiger partial charge in [0.05, 0.1) is 10.0 Å². The highest BCUT2D eigenvalue weighted by Gasteiger charge is 2.34. The van der Waals surface area contributed by atoms with Crippen molar-refractivity contribution in [3.8, 4) is 0 Å². The number of rotatable bonds is 5. The monoisotopic (exact) mass is 312 g/mol. The van der Waals surface area contributed by atoms with Gasteiger partial charge in [-0.15, -0.1) is 0 Å². The van der Waals surface area contributed by atoms with E-state index in [-0.39, 0.29) is 5.91 Å². The lowest BCUT2D eigenvalue weighted by molar-refractivity contribution is -0.133. The van der Waals surface area contributed by atoms with Gasteiger partial charge in [0.15, 0.2) is 0 Å². The number of hydrogen-bond acceptors (Lipinski definition) is 2. The van der Waals surface area contributed by atoms with Crippen molar-refractivity contribution in [2.45, 2.75) is 31.8 Å². The van der Waals surface area contributed by atoms with Crippen LogP contribution < -0.4 is 5.32 Å². The van der Waals surface area contributed by atoms with E-state index in [1.807, 2.05) is 17.0 Å². The summed E-state index contributed by atoms with van der Waals surface area (Å²) >= 11 is 12.0. The van der Waals surface area contributed by atoms with E-state index in [9.17, 15) is 4.79 Å². The van der Waals surface area contributed by atoms with Gasteiger partial charge in [-0.05, 0) is 49.5 Å². The molecule has 3 nitrogen and oxygen atoms in total. The van der Waals surface area contributed by atoms with Gasteiger partial charge in [0, 0.05) is 19.0 Å². The van der Waals surface area contributed by atoms with Gasteiger partial charge in [-0.2, -0.15) is 0 Å². The van der Waals surface area contributed by atoms with Crippen LogP contribution >= 0.6 is 23.2 Å². The van der Waals surface area contributed by atoms with Gasteiger partial charge in [-0.3, -0.25) is 4.79 Å². The summed E-state index contributed by atoms with van der Waals surface area (Å²) in [5.74, 6) is 0.780. The summed E-state index contributed by atoms with van der Waals surface area (Å²) in [5.41, 5.74) is 1.05. The molecule has 0 atom stereocenters. The van der Waals surface area contributed by atoms with Crippen LogP contribution in [0.25, 0.3) is 0 Å². The zero-order chi connectivity index (χ0) is 14.1. The molecule has 1 N–H and O–H groups in total. The molecule has 0 unspecified atom stereocenters. The van der Waals surface area contributed by atoms with Crippen molar-refractivity contribution in [1.29, 1.82) is 0 Å². The van der Waals surface area contributed by atoms with Gasteiger partial charge >= 0.3 is 0 Å². The number of nitrogens with zero attached hydrogens (tertiary/aromatic N) is 1. The Labute approximate surface area is 129 Å². The molecule has 0 spiro atoms. The molecule has 5 heteroatoms. The minimum absolute atomic E-state index is 0.269. The minimum Gasteiger partial charge on any atom is -0.335 e. The van der Waals surface area contributed by atoms with Gasteiger partial charge in [0.2, 0.25) is 5.91 Å². The Bertz CT molecular complexity index is 513. The lowest BCUT2D eigenvalue weighted by Gasteiger charge is -2.30. The maximum Gasteiger partial charge on any atom is 0.223 e. The third-order valence-electron chi connectivity index (χ3n) is 3.97. The summed E-state index contributed by atoms with van der Waals surface area (Å²) in [5, 5.41) is 4.32. The van der Waals surface area contributed by atoms with Crippen LogP contribution in [0.4, 0.5) is 0 Å². The first-order valence-electron chi connectivity index (χ1n) is 7.07. The molecular weight excluding hydrogens is 295 g/mol. The van der Waals surface area contributed by atoms with E-state index in [0.717, 1.165) is 31.5 Å².